The maximum absolute atomic E-state index is 13.8. The minimum absolute atomic E-state index is 0.0105. The molecule has 3 amide bonds. The number of phenols is 1. The number of guanidine groups is 1. The summed E-state index contributed by atoms with van der Waals surface area (Å²) in [6.45, 7) is 0.232. The Kier molecular flexibility index (Phi) is 13.5. The van der Waals surface area contributed by atoms with Crippen molar-refractivity contribution in [3.8, 4) is 5.75 Å². The SMILES string of the molecule is N=C(N)NCCCC(NC(=O)C(Cc1ccc(O)cc1)NC(=O)C(Cc1ccccc1)NC(=O)C(N)Cc1ccccc1)C(=O)O. The molecule has 0 aromatic heterocycles. The number of nitrogens with one attached hydrogen (secondary N) is 5. The van der Waals surface area contributed by atoms with E-state index in [1.54, 1.807) is 36.4 Å². The Hall–Kier alpha value is -5.43. The Morgan fingerprint density at radius 1 is 0.674 bits per heavy atom. The van der Waals surface area contributed by atoms with Crippen LogP contribution in [0.15, 0.2) is 84.9 Å². The number of carbonyl (C=O) groups is 4. The number of carboxylic acid groups (broad SMARTS) is 1. The third-order valence-electron chi connectivity index (χ3n) is 7.16. The fourth-order valence-corrected chi connectivity index (χ4v) is 4.71. The van der Waals surface area contributed by atoms with Crippen molar-refractivity contribution in [1.82, 2.24) is 21.3 Å². The highest BCUT2D eigenvalue weighted by atomic mass is 16.4. The van der Waals surface area contributed by atoms with Crippen molar-refractivity contribution in [1.29, 1.82) is 5.41 Å². The number of phenolic OH excluding ortho intramolecular Hbond substituents is 1. The molecule has 3 rings (SSSR count). The predicted molar refractivity (Wildman–Crippen MR) is 173 cm³/mol. The van der Waals surface area contributed by atoms with Crippen LogP contribution >= 0.6 is 0 Å². The van der Waals surface area contributed by atoms with E-state index < -0.39 is 47.9 Å². The van der Waals surface area contributed by atoms with Crippen molar-refractivity contribution in [3.63, 3.8) is 0 Å². The van der Waals surface area contributed by atoms with Crippen molar-refractivity contribution >= 4 is 29.7 Å². The molecule has 0 heterocycles. The topological polar surface area (TPSA) is 233 Å². The van der Waals surface area contributed by atoms with Crippen LogP contribution in [0, 0.1) is 5.41 Å². The fourth-order valence-electron chi connectivity index (χ4n) is 4.71. The van der Waals surface area contributed by atoms with E-state index in [0.717, 1.165) is 11.1 Å². The lowest BCUT2D eigenvalue weighted by molar-refractivity contribution is -0.142. The first-order valence-electron chi connectivity index (χ1n) is 14.8. The quantitative estimate of drug-likeness (QED) is 0.0574. The van der Waals surface area contributed by atoms with Crippen molar-refractivity contribution in [2.24, 2.45) is 11.5 Å². The first-order valence-corrected chi connectivity index (χ1v) is 14.8. The number of amides is 3. The van der Waals surface area contributed by atoms with Gasteiger partial charge in [-0.1, -0.05) is 72.8 Å². The van der Waals surface area contributed by atoms with Gasteiger partial charge >= 0.3 is 5.97 Å². The van der Waals surface area contributed by atoms with E-state index >= 15 is 0 Å². The first kappa shape index (κ1) is 35.1. The molecule has 0 saturated carbocycles. The average molecular weight is 632 g/mol. The van der Waals surface area contributed by atoms with Gasteiger partial charge in [0, 0.05) is 19.4 Å². The fraction of sp³-hybridized carbons (Fsp3) is 0.303. The lowest BCUT2D eigenvalue weighted by atomic mass is 10.0. The van der Waals surface area contributed by atoms with Gasteiger partial charge in [0.1, 0.15) is 23.9 Å². The van der Waals surface area contributed by atoms with E-state index in [0.29, 0.717) is 12.0 Å². The highest BCUT2D eigenvalue weighted by Crippen LogP contribution is 2.13. The van der Waals surface area contributed by atoms with Crippen LogP contribution in [-0.4, -0.2) is 70.6 Å². The monoisotopic (exact) mass is 631 g/mol. The molecule has 13 nitrogen and oxygen atoms in total. The summed E-state index contributed by atoms with van der Waals surface area (Å²) >= 11 is 0. The van der Waals surface area contributed by atoms with Gasteiger partial charge < -0.3 is 42.9 Å². The van der Waals surface area contributed by atoms with E-state index in [1.807, 2.05) is 36.4 Å². The zero-order chi connectivity index (χ0) is 33.5. The molecule has 244 valence electrons. The molecular weight excluding hydrogens is 590 g/mol. The molecular formula is C33H41N7O6. The Bertz CT molecular complexity index is 1450. The van der Waals surface area contributed by atoms with Crippen LogP contribution in [0.3, 0.4) is 0 Å². The standard InChI is InChI=1S/C33H41N7O6/c34-25(18-21-8-3-1-4-9-21)29(42)39-27(19-22-10-5-2-6-11-22)31(44)40-28(20-23-13-15-24(41)16-14-23)30(43)38-26(32(45)46)12-7-17-37-33(35)36/h1-6,8-11,13-16,25-28,41H,7,12,17-20,34H2,(H,38,43)(H,39,42)(H,40,44)(H,45,46)(H4,35,36,37). The molecule has 0 bridgehead atoms. The molecule has 0 saturated heterocycles. The van der Waals surface area contributed by atoms with Crippen LogP contribution in [0.4, 0.5) is 0 Å². The molecule has 0 aliphatic heterocycles. The number of carboxylic acids is 1. The van der Waals surface area contributed by atoms with Gasteiger partial charge in [0.2, 0.25) is 17.7 Å². The number of hydrogen-bond donors (Lipinski definition) is 9. The van der Waals surface area contributed by atoms with Gasteiger partial charge in [0.25, 0.3) is 0 Å². The van der Waals surface area contributed by atoms with E-state index in [-0.39, 0.29) is 43.9 Å². The largest absolute Gasteiger partial charge is 0.508 e. The molecule has 3 aromatic rings. The highest BCUT2D eigenvalue weighted by Gasteiger charge is 2.31. The van der Waals surface area contributed by atoms with Gasteiger partial charge in [0.15, 0.2) is 5.96 Å². The summed E-state index contributed by atoms with van der Waals surface area (Å²) in [5.41, 5.74) is 13.7. The Morgan fingerprint density at radius 2 is 1.13 bits per heavy atom. The number of carbonyl (C=O) groups excluding carboxylic acids is 3. The van der Waals surface area contributed by atoms with Crippen LogP contribution in [-0.2, 0) is 38.4 Å². The second-order valence-corrected chi connectivity index (χ2v) is 10.9. The first-order chi connectivity index (χ1) is 22.0. The summed E-state index contributed by atoms with van der Waals surface area (Å²) in [5.74, 6) is -3.49. The molecule has 0 fully saturated rings. The summed E-state index contributed by atoms with van der Waals surface area (Å²) in [6.07, 6.45) is 0.644. The smallest absolute Gasteiger partial charge is 0.326 e. The zero-order valence-corrected chi connectivity index (χ0v) is 25.3. The van der Waals surface area contributed by atoms with Crippen molar-refractivity contribution < 1.29 is 29.4 Å². The third-order valence-corrected chi connectivity index (χ3v) is 7.16. The van der Waals surface area contributed by atoms with Gasteiger partial charge in [-0.2, -0.15) is 0 Å². The molecule has 0 aliphatic carbocycles. The summed E-state index contributed by atoms with van der Waals surface area (Å²) in [4.78, 5) is 52.4. The molecule has 46 heavy (non-hydrogen) atoms. The van der Waals surface area contributed by atoms with Crippen molar-refractivity contribution in [2.45, 2.75) is 56.3 Å². The van der Waals surface area contributed by atoms with E-state index in [4.69, 9.17) is 16.9 Å². The Balaban J connectivity index is 1.80. The molecule has 4 atom stereocenters. The molecule has 0 aliphatic rings. The summed E-state index contributed by atoms with van der Waals surface area (Å²) in [6, 6.07) is 19.7. The van der Waals surface area contributed by atoms with Gasteiger partial charge in [-0.25, -0.2) is 4.79 Å². The number of benzene rings is 3. The van der Waals surface area contributed by atoms with Crippen LogP contribution in [0.1, 0.15) is 29.5 Å². The maximum atomic E-state index is 13.8. The van der Waals surface area contributed by atoms with Crippen molar-refractivity contribution in [3.05, 3.63) is 102 Å². The molecule has 3 aromatic carbocycles. The molecule has 0 spiro atoms. The summed E-state index contributed by atoms with van der Waals surface area (Å²) in [7, 11) is 0. The zero-order valence-electron chi connectivity index (χ0n) is 25.3. The normalized spacial score (nSPS) is 13.3. The lowest BCUT2D eigenvalue weighted by Gasteiger charge is -2.25. The number of hydrogen-bond acceptors (Lipinski definition) is 7. The second kappa shape index (κ2) is 17.8. The Labute approximate surface area is 267 Å². The third kappa shape index (κ3) is 11.9. The molecule has 11 N–H and O–H groups in total. The molecule has 4 unspecified atom stereocenters. The number of aromatic hydroxyl groups is 1. The van der Waals surface area contributed by atoms with Gasteiger partial charge in [-0.3, -0.25) is 19.8 Å². The van der Waals surface area contributed by atoms with Crippen LogP contribution in [0.2, 0.25) is 0 Å². The average Bonchev–Trinajstić information content (AvgIpc) is 3.03. The minimum atomic E-state index is -1.28. The molecule has 0 radical (unpaired) electrons. The van der Waals surface area contributed by atoms with E-state index in [9.17, 15) is 29.4 Å². The van der Waals surface area contributed by atoms with Gasteiger partial charge in [-0.15, -0.1) is 0 Å². The van der Waals surface area contributed by atoms with Crippen LogP contribution in [0.5, 0.6) is 5.75 Å². The predicted octanol–water partition coefficient (Wildman–Crippen LogP) is 0.550. The van der Waals surface area contributed by atoms with E-state index in [1.165, 1.54) is 12.1 Å². The van der Waals surface area contributed by atoms with Gasteiger partial charge in [-0.05, 0) is 48.1 Å². The maximum Gasteiger partial charge on any atom is 0.326 e. The lowest BCUT2D eigenvalue weighted by Crippen LogP contribution is -2.58. The summed E-state index contributed by atoms with van der Waals surface area (Å²) in [5, 5.41) is 37.2. The summed E-state index contributed by atoms with van der Waals surface area (Å²) < 4.78 is 0. The number of rotatable bonds is 17. The van der Waals surface area contributed by atoms with Crippen LogP contribution in [0.25, 0.3) is 0 Å². The highest BCUT2D eigenvalue weighted by molar-refractivity contribution is 5.94. The van der Waals surface area contributed by atoms with Crippen molar-refractivity contribution in [2.75, 3.05) is 6.54 Å². The number of nitrogens with two attached hydrogens (primary N) is 2. The molecule has 13 heteroatoms. The Morgan fingerprint density at radius 3 is 1.63 bits per heavy atom. The van der Waals surface area contributed by atoms with Gasteiger partial charge in [0.05, 0.1) is 6.04 Å². The van der Waals surface area contributed by atoms with E-state index in [2.05, 4.69) is 21.3 Å². The second-order valence-electron chi connectivity index (χ2n) is 10.9. The van der Waals surface area contributed by atoms with Crippen LogP contribution < -0.4 is 32.7 Å². The number of aliphatic carboxylic acids is 1. The minimum Gasteiger partial charge on any atom is -0.508 e.